The fourth-order valence-electron chi connectivity index (χ4n) is 2.31. The molecule has 0 aliphatic heterocycles. The number of anilines is 1. The fraction of sp³-hybridized carbons (Fsp3) is 0.200. The van der Waals surface area contributed by atoms with Crippen molar-refractivity contribution < 1.29 is 4.39 Å². The van der Waals surface area contributed by atoms with Gasteiger partial charge in [0.1, 0.15) is 11.2 Å². The SMILES string of the molecule is O=c1[nH]c2nc(NC3CC3)ncc2c(=O)n1-c1ccc(F)cc1. The number of aromatic nitrogens is 4. The van der Waals surface area contributed by atoms with Crippen LogP contribution < -0.4 is 16.6 Å². The lowest BCUT2D eigenvalue weighted by molar-refractivity contribution is 0.627. The van der Waals surface area contributed by atoms with Gasteiger partial charge in [-0.15, -0.1) is 0 Å². The molecule has 1 aromatic carbocycles. The lowest BCUT2D eigenvalue weighted by atomic mass is 10.3. The van der Waals surface area contributed by atoms with Crippen LogP contribution in [-0.4, -0.2) is 25.6 Å². The van der Waals surface area contributed by atoms with E-state index in [1.807, 2.05) is 0 Å². The van der Waals surface area contributed by atoms with E-state index in [0.29, 0.717) is 12.0 Å². The minimum atomic E-state index is -0.634. The highest BCUT2D eigenvalue weighted by molar-refractivity contribution is 5.73. The summed E-state index contributed by atoms with van der Waals surface area (Å²) in [6.07, 6.45) is 3.50. The number of aromatic amines is 1. The summed E-state index contributed by atoms with van der Waals surface area (Å²) in [6.45, 7) is 0. The summed E-state index contributed by atoms with van der Waals surface area (Å²) in [7, 11) is 0. The Morgan fingerprint density at radius 1 is 1.22 bits per heavy atom. The summed E-state index contributed by atoms with van der Waals surface area (Å²) in [5.41, 5.74) is -0.727. The smallest absolute Gasteiger partial charge is 0.334 e. The number of hydrogen-bond donors (Lipinski definition) is 2. The Hall–Kier alpha value is -3.03. The Morgan fingerprint density at radius 3 is 2.65 bits per heavy atom. The maximum atomic E-state index is 13.0. The first-order valence-electron chi connectivity index (χ1n) is 7.16. The van der Waals surface area contributed by atoms with Crippen molar-refractivity contribution in [1.29, 1.82) is 0 Å². The average Bonchev–Trinajstić information content (AvgIpc) is 3.33. The molecule has 0 amide bonds. The molecular formula is C15H12FN5O2. The van der Waals surface area contributed by atoms with Crippen LogP contribution in [0.2, 0.25) is 0 Å². The van der Waals surface area contributed by atoms with Crippen molar-refractivity contribution in [2.24, 2.45) is 0 Å². The lowest BCUT2D eigenvalue weighted by Crippen LogP contribution is -2.34. The van der Waals surface area contributed by atoms with Crippen molar-refractivity contribution in [3.63, 3.8) is 0 Å². The van der Waals surface area contributed by atoms with Gasteiger partial charge in [-0.3, -0.25) is 9.78 Å². The molecule has 2 aromatic heterocycles. The number of nitrogens with zero attached hydrogens (tertiary/aromatic N) is 3. The van der Waals surface area contributed by atoms with E-state index in [9.17, 15) is 14.0 Å². The molecule has 0 saturated heterocycles. The molecule has 3 aromatic rings. The average molecular weight is 313 g/mol. The highest BCUT2D eigenvalue weighted by Crippen LogP contribution is 2.22. The van der Waals surface area contributed by atoms with Crippen molar-refractivity contribution in [3.05, 3.63) is 57.1 Å². The first kappa shape index (κ1) is 13.6. The van der Waals surface area contributed by atoms with Gasteiger partial charge in [0, 0.05) is 12.2 Å². The Morgan fingerprint density at radius 2 is 1.96 bits per heavy atom. The van der Waals surface area contributed by atoms with Crippen LogP contribution in [0.3, 0.4) is 0 Å². The van der Waals surface area contributed by atoms with E-state index in [4.69, 9.17) is 0 Å². The molecule has 1 aliphatic rings. The fourth-order valence-corrected chi connectivity index (χ4v) is 2.31. The van der Waals surface area contributed by atoms with Crippen molar-refractivity contribution in [2.45, 2.75) is 18.9 Å². The van der Waals surface area contributed by atoms with Crippen LogP contribution in [0.1, 0.15) is 12.8 Å². The third-order valence-corrected chi connectivity index (χ3v) is 3.65. The van der Waals surface area contributed by atoms with Gasteiger partial charge in [0.2, 0.25) is 5.95 Å². The van der Waals surface area contributed by atoms with E-state index in [1.54, 1.807) is 0 Å². The molecule has 2 N–H and O–H groups in total. The summed E-state index contributed by atoms with van der Waals surface area (Å²) in [5, 5.41) is 3.29. The lowest BCUT2D eigenvalue weighted by Gasteiger charge is -2.07. The number of hydrogen-bond acceptors (Lipinski definition) is 5. The van der Waals surface area contributed by atoms with Gasteiger partial charge in [0.25, 0.3) is 5.56 Å². The predicted octanol–water partition coefficient (Wildman–Crippen LogP) is 1.18. The molecule has 0 unspecified atom stereocenters. The molecule has 1 fully saturated rings. The molecule has 7 nitrogen and oxygen atoms in total. The molecular weight excluding hydrogens is 301 g/mol. The maximum absolute atomic E-state index is 13.0. The van der Waals surface area contributed by atoms with Crippen molar-refractivity contribution >= 4 is 17.0 Å². The van der Waals surface area contributed by atoms with E-state index in [2.05, 4.69) is 20.3 Å². The van der Waals surface area contributed by atoms with Crippen molar-refractivity contribution in [2.75, 3.05) is 5.32 Å². The molecule has 0 radical (unpaired) electrons. The first-order valence-corrected chi connectivity index (χ1v) is 7.16. The maximum Gasteiger partial charge on any atom is 0.334 e. The van der Waals surface area contributed by atoms with Crippen LogP contribution in [0.4, 0.5) is 10.3 Å². The van der Waals surface area contributed by atoms with Gasteiger partial charge in [0.05, 0.1) is 5.69 Å². The van der Waals surface area contributed by atoms with Crippen LogP contribution in [0.25, 0.3) is 16.7 Å². The van der Waals surface area contributed by atoms with Gasteiger partial charge in [-0.1, -0.05) is 0 Å². The molecule has 1 aliphatic carbocycles. The molecule has 1 saturated carbocycles. The number of nitrogens with one attached hydrogen (secondary N) is 2. The largest absolute Gasteiger partial charge is 0.351 e. The van der Waals surface area contributed by atoms with E-state index in [1.165, 1.54) is 30.5 Å². The van der Waals surface area contributed by atoms with Gasteiger partial charge >= 0.3 is 5.69 Å². The standard InChI is InChI=1S/C15H12FN5O2/c16-8-1-5-10(6-2-8)21-13(22)11-7-17-14(18-9-3-4-9)19-12(11)20-15(21)23/h1-2,5-7,9H,3-4H2,(H2,17,18,19,20,23). The van der Waals surface area contributed by atoms with Gasteiger partial charge < -0.3 is 5.32 Å². The van der Waals surface area contributed by atoms with Gasteiger partial charge in [0.15, 0.2) is 5.65 Å². The Balaban J connectivity index is 1.88. The molecule has 116 valence electrons. The molecule has 2 heterocycles. The molecule has 8 heteroatoms. The molecule has 23 heavy (non-hydrogen) atoms. The third-order valence-electron chi connectivity index (χ3n) is 3.65. The number of rotatable bonds is 3. The number of halogens is 1. The normalized spacial score (nSPS) is 14.1. The van der Waals surface area contributed by atoms with Crippen LogP contribution in [0.15, 0.2) is 40.1 Å². The first-order chi connectivity index (χ1) is 11.1. The van der Waals surface area contributed by atoms with E-state index >= 15 is 0 Å². The van der Waals surface area contributed by atoms with Gasteiger partial charge in [-0.2, -0.15) is 4.98 Å². The third kappa shape index (κ3) is 2.48. The number of fused-ring (bicyclic) bond motifs is 1. The predicted molar refractivity (Wildman–Crippen MR) is 82.4 cm³/mol. The van der Waals surface area contributed by atoms with Crippen LogP contribution >= 0.6 is 0 Å². The number of H-pyrrole nitrogens is 1. The highest BCUT2D eigenvalue weighted by atomic mass is 19.1. The van der Waals surface area contributed by atoms with E-state index < -0.39 is 17.1 Å². The second-order valence-electron chi connectivity index (χ2n) is 5.42. The molecule has 0 atom stereocenters. The Bertz CT molecular complexity index is 1010. The van der Waals surface area contributed by atoms with E-state index in [0.717, 1.165) is 17.4 Å². The second kappa shape index (κ2) is 5.01. The molecule has 0 spiro atoms. The van der Waals surface area contributed by atoms with Gasteiger partial charge in [-0.05, 0) is 37.1 Å². The second-order valence-corrected chi connectivity index (χ2v) is 5.42. The zero-order valence-corrected chi connectivity index (χ0v) is 11.9. The topological polar surface area (TPSA) is 92.7 Å². The summed E-state index contributed by atoms with van der Waals surface area (Å²) in [4.78, 5) is 35.6. The quantitative estimate of drug-likeness (QED) is 0.757. The van der Waals surface area contributed by atoms with Crippen LogP contribution in [-0.2, 0) is 0 Å². The highest BCUT2D eigenvalue weighted by Gasteiger charge is 2.22. The van der Waals surface area contributed by atoms with Crippen molar-refractivity contribution in [3.8, 4) is 5.69 Å². The minimum absolute atomic E-state index is 0.177. The summed E-state index contributed by atoms with van der Waals surface area (Å²) in [5.74, 6) is -0.0623. The summed E-state index contributed by atoms with van der Waals surface area (Å²) in [6, 6.07) is 5.46. The van der Waals surface area contributed by atoms with Crippen LogP contribution in [0.5, 0.6) is 0 Å². The van der Waals surface area contributed by atoms with Crippen LogP contribution in [0, 0.1) is 5.82 Å². The zero-order valence-electron chi connectivity index (χ0n) is 11.9. The van der Waals surface area contributed by atoms with E-state index in [-0.39, 0.29) is 16.7 Å². The monoisotopic (exact) mass is 313 g/mol. The Labute approximate surface area is 128 Å². The summed E-state index contributed by atoms with van der Waals surface area (Å²) < 4.78 is 13.9. The molecule has 4 rings (SSSR count). The number of benzene rings is 1. The van der Waals surface area contributed by atoms with Crippen molar-refractivity contribution in [1.82, 2.24) is 19.5 Å². The molecule has 0 bridgehead atoms. The summed E-state index contributed by atoms with van der Waals surface area (Å²) >= 11 is 0. The van der Waals surface area contributed by atoms with Gasteiger partial charge in [-0.25, -0.2) is 18.7 Å². The minimum Gasteiger partial charge on any atom is -0.351 e. The zero-order chi connectivity index (χ0) is 16.0. The Kier molecular flexibility index (Phi) is 2.97.